The van der Waals surface area contributed by atoms with E-state index in [0.29, 0.717) is 5.16 Å². The molecule has 0 saturated heterocycles. The van der Waals surface area contributed by atoms with Crippen LogP contribution in [0.5, 0.6) is 0 Å². The highest BCUT2D eigenvalue weighted by Gasteiger charge is 2.05. The molecule has 0 radical (unpaired) electrons. The van der Waals surface area contributed by atoms with Gasteiger partial charge in [-0.1, -0.05) is 11.8 Å². The predicted octanol–water partition coefficient (Wildman–Crippen LogP) is 2.34. The Balaban J connectivity index is 2.27. The van der Waals surface area contributed by atoms with Crippen LogP contribution in [0.4, 0.5) is 0 Å². The summed E-state index contributed by atoms with van der Waals surface area (Å²) in [7, 11) is 0. The molecule has 0 fully saturated rings. The van der Waals surface area contributed by atoms with E-state index in [4.69, 9.17) is 5.11 Å². The van der Waals surface area contributed by atoms with Gasteiger partial charge >= 0.3 is 5.97 Å². The maximum atomic E-state index is 10.4. The standard InChI is InChI=1S/C9H7IN2O2S/c10-5-1-2-6-7(3-5)12-9(11-6)15-4-8(13)14/h1-3H,4H2,(H,11,12)(H,13,14). The van der Waals surface area contributed by atoms with Crippen molar-refractivity contribution < 1.29 is 9.90 Å². The first-order chi connectivity index (χ1) is 7.15. The number of aromatic amines is 1. The molecule has 0 aliphatic rings. The summed E-state index contributed by atoms with van der Waals surface area (Å²) in [5.41, 5.74) is 1.80. The minimum atomic E-state index is -0.838. The highest BCUT2D eigenvalue weighted by atomic mass is 127. The second-order valence-electron chi connectivity index (χ2n) is 2.89. The number of aromatic nitrogens is 2. The number of hydrogen-bond acceptors (Lipinski definition) is 3. The maximum absolute atomic E-state index is 10.4. The molecule has 2 aromatic rings. The molecule has 0 amide bonds. The Morgan fingerprint density at radius 2 is 2.40 bits per heavy atom. The third-order valence-corrected chi connectivity index (χ3v) is 3.28. The number of nitrogens with one attached hydrogen (secondary N) is 1. The van der Waals surface area contributed by atoms with Crippen molar-refractivity contribution in [2.45, 2.75) is 5.16 Å². The number of carboxylic acid groups (broad SMARTS) is 1. The number of benzene rings is 1. The number of hydrogen-bond donors (Lipinski definition) is 2. The number of carboxylic acids is 1. The smallest absolute Gasteiger partial charge is 0.313 e. The van der Waals surface area contributed by atoms with Gasteiger partial charge in [-0.3, -0.25) is 4.79 Å². The average molecular weight is 334 g/mol. The second-order valence-corrected chi connectivity index (χ2v) is 5.10. The summed E-state index contributed by atoms with van der Waals surface area (Å²) in [4.78, 5) is 17.7. The van der Waals surface area contributed by atoms with Gasteiger partial charge in [0.05, 0.1) is 16.8 Å². The Bertz CT molecular complexity index is 512. The fourth-order valence-electron chi connectivity index (χ4n) is 1.16. The number of H-pyrrole nitrogens is 1. The molecule has 2 rings (SSSR count). The Labute approximate surface area is 104 Å². The van der Waals surface area contributed by atoms with Crippen LogP contribution in [0.15, 0.2) is 23.4 Å². The van der Waals surface area contributed by atoms with Gasteiger partial charge < -0.3 is 10.1 Å². The van der Waals surface area contributed by atoms with Gasteiger partial charge in [0.25, 0.3) is 0 Å². The molecule has 0 atom stereocenters. The lowest BCUT2D eigenvalue weighted by molar-refractivity contribution is -0.133. The first-order valence-electron chi connectivity index (χ1n) is 4.15. The van der Waals surface area contributed by atoms with Crippen molar-refractivity contribution in [3.8, 4) is 0 Å². The third kappa shape index (κ3) is 2.63. The van der Waals surface area contributed by atoms with Crippen molar-refractivity contribution in [2.24, 2.45) is 0 Å². The van der Waals surface area contributed by atoms with Crippen molar-refractivity contribution in [1.29, 1.82) is 0 Å². The number of rotatable bonds is 3. The Morgan fingerprint density at radius 3 is 3.13 bits per heavy atom. The summed E-state index contributed by atoms with van der Waals surface area (Å²) in [6, 6.07) is 5.86. The number of thioether (sulfide) groups is 1. The van der Waals surface area contributed by atoms with Crippen molar-refractivity contribution in [1.82, 2.24) is 9.97 Å². The molecule has 6 heteroatoms. The van der Waals surface area contributed by atoms with Crippen LogP contribution in [0.2, 0.25) is 0 Å². The summed E-state index contributed by atoms with van der Waals surface area (Å²) in [6.07, 6.45) is 0. The number of aliphatic carboxylic acids is 1. The second kappa shape index (κ2) is 4.40. The van der Waals surface area contributed by atoms with E-state index in [-0.39, 0.29) is 5.75 Å². The van der Waals surface area contributed by atoms with E-state index in [9.17, 15) is 4.79 Å². The van der Waals surface area contributed by atoms with Gasteiger partial charge in [-0.2, -0.15) is 0 Å². The Hall–Kier alpha value is -0.760. The van der Waals surface area contributed by atoms with Crippen LogP contribution in [0.3, 0.4) is 0 Å². The van der Waals surface area contributed by atoms with Gasteiger partial charge in [0.1, 0.15) is 0 Å². The van der Waals surface area contributed by atoms with Gasteiger partial charge in [-0.25, -0.2) is 4.98 Å². The molecule has 1 aromatic carbocycles. The molecule has 78 valence electrons. The molecule has 0 aliphatic carbocycles. The molecule has 15 heavy (non-hydrogen) atoms. The van der Waals surface area contributed by atoms with E-state index in [0.717, 1.165) is 14.6 Å². The lowest BCUT2D eigenvalue weighted by Gasteiger charge is -1.89. The number of imidazole rings is 1. The maximum Gasteiger partial charge on any atom is 0.313 e. The van der Waals surface area contributed by atoms with Crippen LogP contribution in [0, 0.1) is 3.57 Å². The zero-order chi connectivity index (χ0) is 10.8. The fourth-order valence-corrected chi connectivity index (χ4v) is 2.25. The van der Waals surface area contributed by atoms with E-state index in [1.54, 1.807) is 0 Å². The molecular weight excluding hydrogens is 327 g/mol. The minimum absolute atomic E-state index is 0.0247. The summed E-state index contributed by atoms with van der Waals surface area (Å²) in [6.45, 7) is 0. The molecular formula is C9H7IN2O2S. The lowest BCUT2D eigenvalue weighted by atomic mass is 10.3. The molecule has 0 spiro atoms. The van der Waals surface area contributed by atoms with Crippen LogP contribution in [-0.2, 0) is 4.79 Å². The van der Waals surface area contributed by atoms with Gasteiger partial charge in [-0.15, -0.1) is 0 Å². The zero-order valence-electron chi connectivity index (χ0n) is 7.53. The van der Waals surface area contributed by atoms with E-state index in [2.05, 4.69) is 32.6 Å². The molecule has 0 aliphatic heterocycles. The van der Waals surface area contributed by atoms with Crippen molar-refractivity contribution in [3.05, 3.63) is 21.8 Å². The Kier molecular flexibility index (Phi) is 3.15. The summed E-state index contributed by atoms with van der Waals surface area (Å²) in [5.74, 6) is -0.813. The van der Waals surface area contributed by atoms with Crippen molar-refractivity contribution in [2.75, 3.05) is 5.75 Å². The molecule has 0 bridgehead atoms. The summed E-state index contributed by atoms with van der Waals surface area (Å²) < 4.78 is 1.12. The quantitative estimate of drug-likeness (QED) is 0.668. The zero-order valence-corrected chi connectivity index (χ0v) is 10.5. The predicted molar refractivity (Wildman–Crippen MR) is 67.2 cm³/mol. The fraction of sp³-hybridized carbons (Fsp3) is 0.111. The number of fused-ring (bicyclic) bond motifs is 1. The third-order valence-electron chi connectivity index (χ3n) is 1.75. The summed E-state index contributed by atoms with van der Waals surface area (Å²) in [5, 5.41) is 9.18. The van der Waals surface area contributed by atoms with E-state index in [1.807, 2.05) is 18.2 Å². The molecule has 0 saturated carbocycles. The first kappa shape index (κ1) is 10.7. The molecule has 0 unspecified atom stereocenters. The molecule has 1 aromatic heterocycles. The minimum Gasteiger partial charge on any atom is -0.481 e. The van der Waals surface area contributed by atoms with Crippen LogP contribution >= 0.6 is 34.4 Å². The van der Waals surface area contributed by atoms with Crippen molar-refractivity contribution in [3.63, 3.8) is 0 Å². The van der Waals surface area contributed by atoms with Crippen LogP contribution in [0.1, 0.15) is 0 Å². The van der Waals surface area contributed by atoms with Gasteiger partial charge in [0.15, 0.2) is 5.16 Å². The molecule has 4 nitrogen and oxygen atoms in total. The number of nitrogens with zero attached hydrogens (tertiary/aromatic N) is 1. The number of carbonyl (C=O) groups is 1. The van der Waals surface area contributed by atoms with Crippen molar-refractivity contribution >= 4 is 51.4 Å². The largest absolute Gasteiger partial charge is 0.481 e. The van der Waals surface area contributed by atoms with Gasteiger partial charge in [-0.05, 0) is 40.8 Å². The topological polar surface area (TPSA) is 66.0 Å². The normalized spacial score (nSPS) is 10.7. The molecule has 2 N–H and O–H groups in total. The van der Waals surface area contributed by atoms with Gasteiger partial charge in [0.2, 0.25) is 0 Å². The van der Waals surface area contributed by atoms with E-state index >= 15 is 0 Å². The monoisotopic (exact) mass is 334 g/mol. The average Bonchev–Trinajstić information content (AvgIpc) is 2.56. The molecule has 1 heterocycles. The Morgan fingerprint density at radius 1 is 1.60 bits per heavy atom. The van der Waals surface area contributed by atoms with Gasteiger partial charge in [0, 0.05) is 3.57 Å². The highest BCUT2D eigenvalue weighted by Crippen LogP contribution is 2.20. The SMILES string of the molecule is O=C(O)CSc1nc2ccc(I)cc2[nH]1. The van der Waals surface area contributed by atoms with Crippen LogP contribution < -0.4 is 0 Å². The van der Waals surface area contributed by atoms with Crippen LogP contribution in [-0.4, -0.2) is 26.8 Å². The summed E-state index contributed by atoms with van der Waals surface area (Å²) >= 11 is 3.41. The number of halogens is 1. The first-order valence-corrected chi connectivity index (χ1v) is 6.21. The van der Waals surface area contributed by atoms with E-state index < -0.39 is 5.97 Å². The highest BCUT2D eigenvalue weighted by molar-refractivity contribution is 14.1. The van der Waals surface area contributed by atoms with Crippen LogP contribution in [0.25, 0.3) is 11.0 Å². The lowest BCUT2D eigenvalue weighted by Crippen LogP contribution is -1.97. The van der Waals surface area contributed by atoms with E-state index in [1.165, 1.54) is 11.8 Å².